The zero-order chi connectivity index (χ0) is 76.1. The minimum Gasteiger partial charge on any atom is -0.411 e. The Morgan fingerprint density at radius 2 is 0.960 bits per heavy atom. The molecule has 1 aliphatic heterocycles. The number of carbonyl (C=O) groups is 11. The smallest absolute Gasteiger partial charge is 0.246 e. The molecule has 23 heteroatoms. The highest BCUT2D eigenvalue weighted by Gasteiger charge is 2.50. The van der Waals surface area contributed by atoms with Gasteiger partial charge in [-0.15, -0.1) is 0 Å². The number of benzene rings is 1. The van der Waals surface area contributed by atoms with Crippen molar-refractivity contribution in [1.82, 2.24) is 49.6 Å². The van der Waals surface area contributed by atoms with Crippen molar-refractivity contribution in [3.8, 4) is 0 Å². The van der Waals surface area contributed by atoms with Crippen LogP contribution in [0.3, 0.4) is 0 Å². The van der Waals surface area contributed by atoms with Gasteiger partial charge in [-0.2, -0.15) is 0 Å². The van der Waals surface area contributed by atoms with Gasteiger partial charge in [-0.3, -0.25) is 52.7 Å². The number of amides is 8. The third-order valence-electron chi connectivity index (χ3n) is 21.0. The maximum atomic E-state index is 16.1. The number of aromatic amines is 1. The van der Waals surface area contributed by atoms with E-state index in [1.807, 2.05) is 100 Å². The van der Waals surface area contributed by atoms with Gasteiger partial charge >= 0.3 is 0 Å². The molecule has 0 bridgehead atoms. The normalized spacial score (nSPS) is 26.1. The highest BCUT2D eigenvalue weighted by Crippen LogP contribution is 2.40. The Labute approximate surface area is 595 Å². The number of aromatic nitrogens is 2. The fourth-order valence-corrected chi connectivity index (χ4v) is 14.8. The summed E-state index contributed by atoms with van der Waals surface area (Å²) in [7, 11) is 7.72. The van der Waals surface area contributed by atoms with Crippen LogP contribution in [-0.2, 0) is 63.6 Å². The van der Waals surface area contributed by atoms with Crippen molar-refractivity contribution in [1.29, 1.82) is 0 Å². The second-order valence-electron chi connectivity index (χ2n) is 32.9. The summed E-state index contributed by atoms with van der Waals surface area (Å²) in [6, 6.07) is -1.57. The van der Waals surface area contributed by atoms with Crippen LogP contribution in [0.15, 0.2) is 24.3 Å². The van der Waals surface area contributed by atoms with E-state index in [9.17, 15) is 28.8 Å². The first-order valence-corrected chi connectivity index (χ1v) is 39.3. The van der Waals surface area contributed by atoms with Gasteiger partial charge < -0.3 is 49.0 Å². The summed E-state index contributed by atoms with van der Waals surface area (Å²) in [4.78, 5) is 184. The Kier molecular flexibility index (Phi) is 32.5. The Morgan fingerprint density at radius 1 is 0.515 bits per heavy atom. The quantitative estimate of drug-likeness (QED) is 0.140. The van der Waals surface area contributed by atoms with Crippen molar-refractivity contribution < 1.29 is 57.2 Å². The number of hydrogen-bond acceptors (Lipinski definition) is 13. The second-order valence-corrected chi connectivity index (χ2v) is 37.6. The van der Waals surface area contributed by atoms with E-state index >= 15 is 24.0 Å². The highest BCUT2D eigenvalue weighted by molar-refractivity contribution is 6.74. The largest absolute Gasteiger partial charge is 0.411 e. The number of ketones is 3. The molecular weight excluding hydrogens is 1270 g/mol. The van der Waals surface area contributed by atoms with Crippen LogP contribution in [0.2, 0.25) is 18.1 Å². The average Bonchev–Trinajstić information content (AvgIpc) is 1.15. The van der Waals surface area contributed by atoms with Gasteiger partial charge in [0.25, 0.3) is 0 Å². The van der Waals surface area contributed by atoms with Gasteiger partial charge in [-0.1, -0.05) is 137 Å². The van der Waals surface area contributed by atoms with E-state index in [0.717, 1.165) is 11.0 Å². The Balaban J connectivity index is 2.47. The van der Waals surface area contributed by atoms with Gasteiger partial charge in [0.2, 0.25) is 47.3 Å². The first-order chi connectivity index (χ1) is 45.6. The number of likely N-dealkylation sites (N-methyl/N-ethyl adjacent to an activating group) is 7. The van der Waals surface area contributed by atoms with Crippen molar-refractivity contribution >= 4 is 84.0 Å². The lowest BCUT2D eigenvalue weighted by Crippen LogP contribution is -2.63. The average molecular weight is 1400 g/mol. The molecular formula is C76H130N10O12Si. The van der Waals surface area contributed by atoms with Crippen LogP contribution in [0.5, 0.6) is 0 Å². The standard InChI is InChI=1S/C76H130N10O12Si/c1-30-53-41-63(89)66(67(98-99(28,29)76(18,19)20)49(14)40-64-78-55-33-31-32-34-56(55)79-64)86(27)75(97)65(48(12)13)85(26)74(96)60(38-46(8)9)84(25)73(95)59(37-45(6)7)83(24)69(91)51(16)77-68(90)50(15)39-61(87)57(35-43(2)3)82(23)72(94)54(47(10)11)42-62(88)58(36-44(4)5)81(22)70(92)52(17)80(21)71(53)93/h31-34,43-54,57-60,65-67H,30,35-42H2,1-29H3,(H,77,90)(H,78,79)/t49-,50+,51+,52-,53+,54-,57-,58+,59-,60-,65-,66+,67-/m1/s1. The van der Waals surface area contributed by atoms with Crippen LogP contribution in [0, 0.1) is 59.2 Å². The van der Waals surface area contributed by atoms with E-state index in [4.69, 9.17) is 9.41 Å². The molecule has 1 aromatic carbocycles. The summed E-state index contributed by atoms with van der Waals surface area (Å²) in [5.74, 6) is -9.89. The number of nitrogens with zero attached hydrogens (tertiary/aromatic N) is 8. The van der Waals surface area contributed by atoms with Crippen molar-refractivity contribution in [3.63, 3.8) is 0 Å². The van der Waals surface area contributed by atoms with Crippen LogP contribution in [0.1, 0.15) is 196 Å². The minimum absolute atomic E-state index is 0.0738. The molecule has 0 radical (unpaired) electrons. The molecule has 2 N–H and O–H groups in total. The predicted octanol–water partition coefficient (Wildman–Crippen LogP) is 10.1. The topological polar surface area (TPSA) is 260 Å². The second kappa shape index (κ2) is 37.0. The molecule has 99 heavy (non-hydrogen) atoms. The summed E-state index contributed by atoms with van der Waals surface area (Å²) in [6.07, 6.45) is -0.683. The Morgan fingerprint density at radius 3 is 1.42 bits per heavy atom. The molecule has 8 amide bonds. The van der Waals surface area contributed by atoms with Gasteiger partial charge in [-0.25, -0.2) is 4.98 Å². The number of imidazole rings is 1. The number of H-pyrrole nitrogens is 1. The summed E-state index contributed by atoms with van der Waals surface area (Å²) in [6.45, 7) is 41.4. The molecule has 2 heterocycles. The Hall–Kier alpha value is -6.36. The molecule has 1 aliphatic rings. The van der Waals surface area contributed by atoms with Crippen molar-refractivity contribution in [2.45, 2.75) is 269 Å². The number of carbonyl (C=O) groups excluding carboxylic acids is 11. The molecule has 1 aromatic heterocycles. The first-order valence-electron chi connectivity index (χ1n) is 36.4. The molecule has 3 rings (SSSR count). The van der Waals surface area contributed by atoms with Crippen molar-refractivity contribution in [2.75, 3.05) is 49.3 Å². The third-order valence-corrected chi connectivity index (χ3v) is 25.4. The molecule has 13 atom stereocenters. The predicted molar refractivity (Wildman–Crippen MR) is 393 cm³/mol. The van der Waals surface area contributed by atoms with E-state index in [-0.39, 0.29) is 93.0 Å². The maximum Gasteiger partial charge on any atom is 0.246 e. The molecule has 22 nitrogen and oxygen atoms in total. The van der Waals surface area contributed by atoms with E-state index in [0.29, 0.717) is 5.82 Å². The monoisotopic (exact) mass is 1400 g/mol. The van der Waals surface area contributed by atoms with Gasteiger partial charge in [0, 0.05) is 92.8 Å². The fourth-order valence-electron chi connectivity index (χ4n) is 13.4. The lowest BCUT2D eigenvalue weighted by atomic mass is 9.84. The number of nitrogens with one attached hydrogen (secondary N) is 2. The lowest BCUT2D eigenvalue weighted by molar-refractivity contribution is -0.157. The maximum absolute atomic E-state index is 16.1. The zero-order valence-electron chi connectivity index (χ0n) is 66.1. The Bertz CT molecular complexity index is 3080. The lowest BCUT2D eigenvalue weighted by Gasteiger charge is -2.46. The molecule has 560 valence electrons. The van der Waals surface area contributed by atoms with E-state index in [1.165, 1.54) is 90.6 Å². The van der Waals surface area contributed by atoms with Gasteiger partial charge in [0.05, 0.1) is 29.2 Å². The zero-order valence-corrected chi connectivity index (χ0v) is 67.1. The molecule has 0 saturated carbocycles. The molecule has 2 aromatic rings. The van der Waals surface area contributed by atoms with E-state index < -0.39 is 156 Å². The van der Waals surface area contributed by atoms with Crippen LogP contribution in [-0.4, -0.2) is 221 Å². The molecule has 0 spiro atoms. The third kappa shape index (κ3) is 22.6. The molecule has 1 saturated heterocycles. The highest BCUT2D eigenvalue weighted by atomic mass is 28.4. The van der Waals surface area contributed by atoms with Gasteiger partial charge in [0.1, 0.15) is 42.1 Å². The molecule has 0 aliphatic carbocycles. The van der Waals surface area contributed by atoms with Crippen molar-refractivity contribution in [2.24, 2.45) is 59.2 Å². The van der Waals surface area contributed by atoms with Crippen molar-refractivity contribution in [3.05, 3.63) is 30.1 Å². The first kappa shape index (κ1) is 86.9. The molecule has 1 fully saturated rings. The summed E-state index contributed by atoms with van der Waals surface area (Å²) >= 11 is 0. The summed E-state index contributed by atoms with van der Waals surface area (Å²) < 4.78 is 7.47. The SMILES string of the molecule is CC[C@H]1CC(=O)[C@@H]([C@H](O[Si](C)(C)C(C)(C)C)[C@H](C)Cc2nc3ccccc3[nH]2)N(C)C(=O)[C@@H](C(C)C)N(C)C(=O)[C@@H](CC(C)C)N(C)C(=O)[C@@H](CC(C)C)N(C)C(=O)[C@H](C)NC(=O)[C@@H](C)CC(=O)[C@@H](CC(C)C)N(C)C(=O)[C@@H](C(C)C)CC(=O)[C@H](CC(C)C)N(C)C(=O)[C@@H](C)N(C)C1=O. The number of hydrogen-bond donors (Lipinski definition) is 2. The van der Waals surface area contributed by atoms with Crippen LogP contribution >= 0.6 is 0 Å². The van der Waals surface area contributed by atoms with Crippen LogP contribution in [0.25, 0.3) is 11.0 Å². The number of fused-ring (bicyclic) bond motifs is 1. The van der Waals surface area contributed by atoms with Crippen LogP contribution < -0.4 is 5.32 Å². The van der Waals surface area contributed by atoms with Gasteiger partial charge in [0.15, 0.2) is 25.7 Å². The summed E-state index contributed by atoms with van der Waals surface area (Å²) in [5, 5.41) is 2.38. The number of rotatable bonds is 17. The number of para-hydroxylation sites is 2. The van der Waals surface area contributed by atoms with Crippen LogP contribution in [0.4, 0.5) is 0 Å². The van der Waals surface area contributed by atoms with E-state index in [1.54, 1.807) is 34.6 Å². The van der Waals surface area contributed by atoms with E-state index in [2.05, 4.69) is 44.2 Å². The van der Waals surface area contributed by atoms with Gasteiger partial charge in [-0.05, 0) is 118 Å². The minimum atomic E-state index is -2.89. The fraction of sp³-hybridized carbons (Fsp3) is 0.763. The number of Topliss-reactive ketones (excluding diaryl/α,β-unsaturated/α-hetero) is 3. The summed E-state index contributed by atoms with van der Waals surface area (Å²) in [5.41, 5.74) is 1.56. The molecule has 0 unspecified atom stereocenters.